The highest BCUT2D eigenvalue weighted by atomic mass is 14.3. The topological polar surface area (TPSA) is 0 Å². The minimum absolute atomic E-state index is 1.09. The Morgan fingerprint density at radius 1 is 0.636 bits per heavy atom. The molecule has 0 heteroatoms. The van der Waals surface area contributed by atoms with Crippen LogP contribution in [0.1, 0.15) is 33.4 Å². The molecule has 0 aromatic heterocycles. The summed E-state index contributed by atoms with van der Waals surface area (Å²) in [4.78, 5) is 0. The number of aryl methyl sites for hydroxylation is 2. The van der Waals surface area contributed by atoms with Gasteiger partial charge in [-0.25, -0.2) is 0 Å². The fraction of sp³-hybridized carbons (Fsp3) is 0.182. The van der Waals surface area contributed by atoms with Crippen LogP contribution in [0.25, 0.3) is 22.3 Å². The van der Waals surface area contributed by atoms with E-state index in [0.717, 1.165) is 12.8 Å². The van der Waals surface area contributed by atoms with E-state index >= 15 is 0 Å². The molecule has 3 aromatic carbocycles. The highest BCUT2D eigenvalue weighted by molar-refractivity contribution is 5.87. The molecule has 0 nitrogen and oxygen atoms in total. The van der Waals surface area contributed by atoms with E-state index in [0.29, 0.717) is 0 Å². The first-order chi connectivity index (χ1) is 10.7. The Morgan fingerprint density at radius 3 is 2.32 bits per heavy atom. The first-order valence-corrected chi connectivity index (χ1v) is 8.05. The minimum Gasteiger partial charge on any atom is -0.0619 e. The summed E-state index contributed by atoms with van der Waals surface area (Å²) in [6, 6.07) is 18.4. The molecule has 0 bridgehead atoms. The molecule has 3 aromatic rings. The summed E-state index contributed by atoms with van der Waals surface area (Å²) in [5.41, 5.74) is 14.6. The van der Waals surface area contributed by atoms with Gasteiger partial charge in [0.15, 0.2) is 0 Å². The van der Waals surface area contributed by atoms with Gasteiger partial charge >= 0.3 is 0 Å². The van der Waals surface area contributed by atoms with E-state index < -0.39 is 0 Å². The summed E-state index contributed by atoms with van der Waals surface area (Å²) in [5.74, 6) is 0. The van der Waals surface area contributed by atoms with Crippen molar-refractivity contribution in [2.24, 2.45) is 0 Å². The lowest BCUT2D eigenvalue weighted by Crippen LogP contribution is -1.87. The van der Waals surface area contributed by atoms with Crippen LogP contribution in [-0.2, 0) is 12.8 Å². The predicted molar refractivity (Wildman–Crippen MR) is 92.4 cm³/mol. The predicted octanol–water partition coefficient (Wildman–Crippen LogP) is 5.45. The lowest BCUT2D eigenvalue weighted by Gasteiger charge is -2.08. The van der Waals surface area contributed by atoms with Gasteiger partial charge in [0.25, 0.3) is 0 Å². The van der Waals surface area contributed by atoms with Gasteiger partial charge in [-0.1, -0.05) is 48.0 Å². The number of rotatable bonds is 0. The molecule has 0 heterocycles. The van der Waals surface area contributed by atoms with Gasteiger partial charge < -0.3 is 0 Å². The quantitative estimate of drug-likeness (QED) is 0.354. The van der Waals surface area contributed by atoms with E-state index in [-0.39, 0.29) is 0 Å². The molecule has 2 aliphatic rings. The van der Waals surface area contributed by atoms with Crippen molar-refractivity contribution in [1.29, 1.82) is 0 Å². The zero-order valence-electron chi connectivity index (χ0n) is 13.0. The Balaban J connectivity index is 1.78. The van der Waals surface area contributed by atoms with Crippen molar-refractivity contribution >= 4 is 0 Å². The van der Waals surface area contributed by atoms with Gasteiger partial charge in [0.05, 0.1) is 0 Å². The maximum absolute atomic E-state index is 2.46. The third-order valence-electron chi connectivity index (χ3n) is 5.29. The molecule has 106 valence electrons. The van der Waals surface area contributed by atoms with Crippen molar-refractivity contribution in [1.82, 2.24) is 0 Å². The number of hydrogen-bond acceptors (Lipinski definition) is 0. The lowest BCUT2D eigenvalue weighted by molar-refractivity contribution is 1.19. The number of fused-ring (bicyclic) bond motifs is 6. The van der Waals surface area contributed by atoms with Gasteiger partial charge in [-0.3, -0.25) is 0 Å². The average Bonchev–Trinajstić information content (AvgIpc) is 3.03. The van der Waals surface area contributed by atoms with E-state index in [1.165, 1.54) is 55.6 Å². The molecule has 0 radical (unpaired) electrons. The normalized spacial score (nSPS) is 13.5. The summed E-state index contributed by atoms with van der Waals surface area (Å²) in [5, 5.41) is 0. The highest BCUT2D eigenvalue weighted by Gasteiger charge is 2.25. The summed E-state index contributed by atoms with van der Waals surface area (Å²) >= 11 is 0. The molecule has 0 amide bonds. The molecule has 0 saturated heterocycles. The molecule has 0 spiro atoms. The Bertz CT molecular complexity index is 944. The van der Waals surface area contributed by atoms with Crippen molar-refractivity contribution in [2.75, 3.05) is 0 Å². The van der Waals surface area contributed by atoms with E-state index in [9.17, 15) is 0 Å². The summed E-state index contributed by atoms with van der Waals surface area (Å²) in [7, 11) is 0. The zero-order valence-corrected chi connectivity index (χ0v) is 13.0. The molecule has 0 fully saturated rings. The first kappa shape index (κ1) is 12.2. The molecule has 0 saturated carbocycles. The van der Waals surface area contributed by atoms with Crippen molar-refractivity contribution in [2.45, 2.75) is 26.7 Å². The molecular formula is C22H18. The maximum atomic E-state index is 2.46. The summed E-state index contributed by atoms with van der Waals surface area (Å²) in [6.45, 7) is 4.45. The maximum Gasteiger partial charge on any atom is -0.00107 e. The van der Waals surface area contributed by atoms with Crippen LogP contribution < -0.4 is 0 Å². The second kappa shape index (κ2) is 4.10. The molecule has 5 rings (SSSR count). The molecule has 0 aliphatic heterocycles. The molecular weight excluding hydrogens is 264 g/mol. The van der Waals surface area contributed by atoms with Crippen LogP contribution in [0, 0.1) is 13.8 Å². The van der Waals surface area contributed by atoms with Crippen molar-refractivity contribution in [3.05, 3.63) is 81.9 Å². The fourth-order valence-corrected chi connectivity index (χ4v) is 4.29. The lowest BCUT2D eigenvalue weighted by atomic mass is 9.96. The summed E-state index contributed by atoms with van der Waals surface area (Å²) in [6.07, 6.45) is 2.19. The van der Waals surface area contributed by atoms with Gasteiger partial charge in [-0.2, -0.15) is 0 Å². The van der Waals surface area contributed by atoms with Crippen LogP contribution in [0.4, 0.5) is 0 Å². The average molecular weight is 282 g/mol. The Labute approximate surface area is 131 Å². The Hall–Kier alpha value is -2.34. The second-order valence-electron chi connectivity index (χ2n) is 6.79. The Morgan fingerprint density at radius 2 is 1.41 bits per heavy atom. The van der Waals surface area contributed by atoms with E-state index in [2.05, 4.69) is 62.4 Å². The second-order valence-corrected chi connectivity index (χ2v) is 6.79. The van der Waals surface area contributed by atoms with Gasteiger partial charge in [0, 0.05) is 0 Å². The monoisotopic (exact) mass is 282 g/mol. The van der Waals surface area contributed by atoms with E-state index in [1.807, 2.05) is 0 Å². The SMILES string of the molecule is Cc1cc(C)c2c(c1)-c1cc3c(cc1C2)Cc1ccccc1-3. The van der Waals surface area contributed by atoms with E-state index in [4.69, 9.17) is 0 Å². The molecule has 0 N–H and O–H groups in total. The van der Waals surface area contributed by atoms with Gasteiger partial charge in [0.1, 0.15) is 0 Å². The Kier molecular flexibility index (Phi) is 2.28. The smallest absolute Gasteiger partial charge is 0.00107 e. The first-order valence-electron chi connectivity index (χ1n) is 8.05. The highest BCUT2D eigenvalue weighted by Crippen LogP contribution is 2.45. The van der Waals surface area contributed by atoms with Crippen molar-refractivity contribution in [3.63, 3.8) is 0 Å². The largest absolute Gasteiger partial charge is 0.0619 e. The van der Waals surface area contributed by atoms with Gasteiger partial charge in [0.2, 0.25) is 0 Å². The molecule has 2 aliphatic carbocycles. The standard InChI is InChI=1S/C22H18/c1-13-7-14(2)19-11-17-10-16-9-15-5-3-4-6-18(15)20(16)12-21(17)22(19)8-13/h3-8,10,12H,9,11H2,1-2H3. The van der Waals surface area contributed by atoms with Crippen molar-refractivity contribution in [3.8, 4) is 22.3 Å². The summed E-state index contributed by atoms with van der Waals surface area (Å²) < 4.78 is 0. The third kappa shape index (κ3) is 1.53. The van der Waals surface area contributed by atoms with Crippen LogP contribution in [0.5, 0.6) is 0 Å². The van der Waals surface area contributed by atoms with Crippen LogP contribution in [0.3, 0.4) is 0 Å². The van der Waals surface area contributed by atoms with Gasteiger partial charge in [-0.05, 0) is 82.8 Å². The van der Waals surface area contributed by atoms with Crippen molar-refractivity contribution < 1.29 is 0 Å². The number of benzene rings is 3. The van der Waals surface area contributed by atoms with Gasteiger partial charge in [-0.15, -0.1) is 0 Å². The van der Waals surface area contributed by atoms with E-state index in [1.54, 1.807) is 0 Å². The third-order valence-corrected chi connectivity index (χ3v) is 5.29. The van der Waals surface area contributed by atoms with Crippen LogP contribution in [-0.4, -0.2) is 0 Å². The molecule has 22 heavy (non-hydrogen) atoms. The van der Waals surface area contributed by atoms with Crippen LogP contribution >= 0.6 is 0 Å². The zero-order chi connectivity index (χ0) is 14.8. The molecule has 0 atom stereocenters. The molecule has 0 unspecified atom stereocenters. The number of hydrogen-bond donors (Lipinski definition) is 0. The fourth-order valence-electron chi connectivity index (χ4n) is 4.29. The van der Waals surface area contributed by atoms with Crippen LogP contribution in [0.15, 0.2) is 48.5 Å². The minimum atomic E-state index is 1.09. The van der Waals surface area contributed by atoms with Crippen LogP contribution in [0.2, 0.25) is 0 Å².